The predicted octanol–water partition coefficient (Wildman–Crippen LogP) is 5.15. The number of carbonyl (C=O) groups is 2. The minimum atomic E-state index is -0.825. The SMILES string of the molecule is CCSCCOC(=O)C1=C(C)NC2=C(C(=O)CC(C)(C)C2)[C@H]1c1cc([N+](=O)[O-])ccc1Cl. The van der Waals surface area contributed by atoms with Gasteiger partial charge < -0.3 is 10.1 Å². The van der Waals surface area contributed by atoms with Crippen LogP contribution in [0.3, 0.4) is 0 Å². The van der Waals surface area contributed by atoms with E-state index in [9.17, 15) is 19.7 Å². The molecule has 1 aliphatic heterocycles. The number of nitro benzene ring substituents is 1. The third-order valence-electron chi connectivity index (χ3n) is 5.63. The number of rotatable bonds is 7. The number of allylic oxidation sites excluding steroid dienone is 3. The minimum Gasteiger partial charge on any atom is -0.461 e. The Morgan fingerprint density at radius 3 is 2.75 bits per heavy atom. The molecule has 0 aromatic heterocycles. The number of ether oxygens (including phenoxy) is 1. The van der Waals surface area contributed by atoms with Gasteiger partial charge in [0.2, 0.25) is 0 Å². The molecule has 1 heterocycles. The number of hydrogen-bond acceptors (Lipinski definition) is 7. The van der Waals surface area contributed by atoms with Gasteiger partial charge in [0, 0.05) is 52.2 Å². The molecule has 9 heteroatoms. The maximum absolute atomic E-state index is 13.3. The molecular formula is C23H27ClN2O5S. The predicted molar refractivity (Wildman–Crippen MR) is 126 cm³/mol. The summed E-state index contributed by atoms with van der Waals surface area (Å²) in [6.07, 6.45) is 0.926. The molecule has 3 rings (SSSR count). The van der Waals surface area contributed by atoms with E-state index in [2.05, 4.69) is 5.32 Å². The lowest BCUT2D eigenvalue weighted by Crippen LogP contribution is -2.38. The van der Waals surface area contributed by atoms with Gasteiger partial charge >= 0.3 is 5.97 Å². The second kappa shape index (κ2) is 9.67. The number of halogens is 1. The van der Waals surface area contributed by atoms with E-state index in [0.29, 0.717) is 35.4 Å². The molecule has 172 valence electrons. The molecule has 0 fully saturated rings. The number of thioether (sulfide) groups is 1. The van der Waals surface area contributed by atoms with Gasteiger partial charge in [-0.15, -0.1) is 0 Å². The lowest BCUT2D eigenvalue weighted by atomic mass is 9.68. The van der Waals surface area contributed by atoms with Gasteiger partial charge in [0.25, 0.3) is 5.69 Å². The second-order valence-electron chi connectivity index (χ2n) is 8.73. The zero-order chi connectivity index (χ0) is 23.6. The molecule has 0 saturated carbocycles. The Bertz CT molecular complexity index is 1030. The monoisotopic (exact) mass is 478 g/mol. The summed E-state index contributed by atoms with van der Waals surface area (Å²) in [4.78, 5) is 37.3. The second-order valence-corrected chi connectivity index (χ2v) is 10.5. The van der Waals surface area contributed by atoms with Crippen molar-refractivity contribution in [2.75, 3.05) is 18.1 Å². The topological polar surface area (TPSA) is 98.5 Å². The smallest absolute Gasteiger partial charge is 0.336 e. The number of ketones is 1. The van der Waals surface area contributed by atoms with Crippen molar-refractivity contribution in [3.8, 4) is 0 Å². The molecule has 32 heavy (non-hydrogen) atoms. The van der Waals surface area contributed by atoms with Crippen molar-refractivity contribution in [1.82, 2.24) is 5.32 Å². The van der Waals surface area contributed by atoms with Gasteiger partial charge in [-0.1, -0.05) is 32.4 Å². The van der Waals surface area contributed by atoms with Crippen molar-refractivity contribution < 1.29 is 19.2 Å². The summed E-state index contributed by atoms with van der Waals surface area (Å²) in [5.41, 5.74) is 1.96. The Morgan fingerprint density at radius 2 is 2.09 bits per heavy atom. The summed E-state index contributed by atoms with van der Waals surface area (Å²) in [5, 5.41) is 14.9. The lowest BCUT2D eigenvalue weighted by Gasteiger charge is -2.39. The lowest BCUT2D eigenvalue weighted by molar-refractivity contribution is -0.384. The molecule has 0 radical (unpaired) electrons. The van der Waals surface area contributed by atoms with E-state index in [-0.39, 0.29) is 34.1 Å². The third-order valence-corrected chi connectivity index (χ3v) is 6.83. The fourth-order valence-corrected chi connectivity index (χ4v) is 5.02. The van der Waals surface area contributed by atoms with Gasteiger partial charge in [0.05, 0.1) is 10.5 Å². The standard InChI is InChI=1S/C23H27ClN2O5S/c1-5-32-9-8-31-22(28)19-13(2)25-17-11-23(3,4)12-18(27)21(17)20(19)15-10-14(26(29)30)6-7-16(15)24/h6-7,10,20,25H,5,8-9,11-12H2,1-4H3/t20-/m0/s1. The quantitative estimate of drug-likeness (QED) is 0.250. The first-order valence-corrected chi connectivity index (χ1v) is 12.0. The molecule has 0 unspecified atom stereocenters. The summed E-state index contributed by atoms with van der Waals surface area (Å²) in [7, 11) is 0. The molecule has 1 aromatic carbocycles. The Labute approximate surface area is 196 Å². The number of dihydropyridines is 1. The Kier molecular flexibility index (Phi) is 7.35. The highest BCUT2D eigenvalue weighted by Crippen LogP contribution is 2.48. The van der Waals surface area contributed by atoms with Crippen molar-refractivity contribution in [3.05, 3.63) is 61.4 Å². The number of nitrogens with zero attached hydrogens (tertiary/aromatic N) is 1. The summed E-state index contributed by atoms with van der Waals surface area (Å²) < 4.78 is 5.51. The summed E-state index contributed by atoms with van der Waals surface area (Å²) in [5.74, 6) is 0.0890. The van der Waals surface area contributed by atoms with E-state index in [1.54, 1.807) is 18.7 Å². The van der Waals surface area contributed by atoms with Gasteiger partial charge in [-0.25, -0.2) is 4.79 Å². The molecule has 0 bridgehead atoms. The molecule has 7 nitrogen and oxygen atoms in total. The highest BCUT2D eigenvalue weighted by atomic mass is 35.5. The van der Waals surface area contributed by atoms with Crippen LogP contribution in [-0.4, -0.2) is 34.8 Å². The number of carbonyl (C=O) groups excluding carboxylic acids is 2. The van der Waals surface area contributed by atoms with Crippen molar-refractivity contribution >= 4 is 40.8 Å². The van der Waals surface area contributed by atoms with E-state index < -0.39 is 16.8 Å². The Morgan fingerprint density at radius 1 is 1.38 bits per heavy atom. The minimum absolute atomic E-state index is 0.101. The largest absolute Gasteiger partial charge is 0.461 e. The average molecular weight is 479 g/mol. The number of esters is 1. The zero-order valence-electron chi connectivity index (χ0n) is 18.6. The van der Waals surface area contributed by atoms with Crippen LogP contribution in [0.2, 0.25) is 5.02 Å². The van der Waals surface area contributed by atoms with E-state index >= 15 is 0 Å². The van der Waals surface area contributed by atoms with Gasteiger partial charge in [-0.05, 0) is 36.1 Å². The van der Waals surface area contributed by atoms with E-state index in [0.717, 1.165) is 11.4 Å². The molecule has 0 spiro atoms. The van der Waals surface area contributed by atoms with Gasteiger partial charge in [0.1, 0.15) is 6.61 Å². The first kappa shape index (κ1) is 24.3. The van der Waals surface area contributed by atoms with E-state index in [4.69, 9.17) is 16.3 Å². The highest BCUT2D eigenvalue weighted by Gasteiger charge is 2.44. The van der Waals surface area contributed by atoms with Crippen LogP contribution in [0.1, 0.15) is 52.0 Å². The van der Waals surface area contributed by atoms with E-state index in [1.165, 1.54) is 18.2 Å². The van der Waals surface area contributed by atoms with Gasteiger partial charge in [-0.3, -0.25) is 14.9 Å². The average Bonchev–Trinajstić information content (AvgIpc) is 2.69. The van der Waals surface area contributed by atoms with Crippen LogP contribution < -0.4 is 5.32 Å². The molecule has 0 saturated heterocycles. The molecule has 1 N–H and O–H groups in total. The fraction of sp³-hybridized carbons (Fsp3) is 0.478. The molecule has 1 aliphatic carbocycles. The Hall–Kier alpha value is -2.32. The first-order valence-electron chi connectivity index (χ1n) is 10.5. The first-order chi connectivity index (χ1) is 15.1. The Balaban J connectivity index is 2.13. The molecule has 1 aromatic rings. The normalized spacial score (nSPS) is 20.0. The van der Waals surface area contributed by atoms with Crippen LogP contribution in [0.25, 0.3) is 0 Å². The van der Waals surface area contributed by atoms with Crippen LogP contribution >= 0.6 is 23.4 Å². The number of hydrogen-bond donors (Lipinski definition) is 1. The maximum atomic E-state index is 13.3. The number of benzene rings is 1. The molecule has 2 aliphatic rings. The van der Waals surface area contributed by atoms with Crippen LogP contribution in [0.4, 0.5) is 5.69 Å². The van der Waals surface area contributed by atoms with E-state index in [1.807, 2.05) is 20.8 Å². The van der Waals surface area contributed by atoms with Crippen molar-refractivity contribution in [3.63, 3.8) is 0 Å². The summed E-state index contributed by atoms with van der Waals surface area (Å²) in [6, 6.07) is 4.10. The maximum Gasteiger partial charge on any atom is 0.336 e. The third kappa shape index (κ3) is 5.02. The number of nitrogens with one attached hydrogen (secondary N) is 1. The summed E-state index contributed by atoms with van der Waals surface area (Å²) >= 11 is 8.13. The van der Waals surface area contributed by atoms with Crippen LogP contribution in [0, 0.1) is 15.5 Å². The number of Topliss-reactive ketones (excluding diaryl/α,β-unsaturated/α-hetero) is 1. The van der Waals surface area contributed by atoms with Gasteiger partial charge in [-0.2, -0.15) is 11.8 Å². The van der Waals surface area contributed by atoms with Crippen LogP contribution in [-0.2, 0) is 14.3 Å². The molecule has 1 atom stereocenters. The van der Waals surface area contributed by atoms with Crippen LogP contribution in [0.5, 0.6) is 0 Å². The van der Waals surface area contributed by atoms with Gasteiger partial charge in [0.15, 0.2) is 5.78 Å². The number of nitro groups is 1. The fourth-order valence-electron chi connectivity index (χ4n) is 4.30. The highest BCUT2D eigenvalue weighted by molar-refractivity contribution is 7.99. The summed E-state index contributed by atoms with van der Waals surface area (Å²) in [6.45, 7) is 8.04. The van der Waals surface area contributed by atoms with Crippen molar-refractivity contribution in [2.45, 2.75) is 46.5 Å². The van der Waals surface area contributed by atoms with Crippen molar-refractivity contribution in [2.24, 2.45) is 5.41 Å². The van der Waals surface area contributed by atoms with Crippen molar-refractivity contribution in [1.29, 1.82) is 0 Å². The molecular weight excluding hydrogens is 452 g/mol. The zero-order valence-corrected chi connectivity index (χ0v) is 20.2. The molecule has 0 amide bonds. The van der Waals surface area contributed by atoms with Crippen LogP contribution in [0.15, 0.2) is 40.7 Å². The number of non-ortho nitro benzene ring substituents is 1.